The van der Waals surface area contributed by atoms with Crippen LogP contribution in [-0.2, 0) is 29.3 Å². The molecule has 0 aliphatic heterocycles. The Morgan fingerprint density at radius 1 is 1.12 bits per heavy atom. The summed E-state index contributed by atoms with van der Waals surface area (Å²) in [7, 11) is 1.86. The molecular weight excluding hydrogens is 441 g/mol. The third-order valence-corrected chi connectivity index (χ3v) is 7.11. The lowest BCUT2D eigenvalue weighted by Crippen LogP contribution is -2.37. The molecule has 3 atom stereocenters. The van der Waals surface area contributed by atoms with Gasteiger partial charge in [-0.25, -0.2) is 13.9 Å². The van der Waals surface area contributed by atoms with Crippen LogP contribution in [0.1, 0.15) is 45.6 Å². The van der Waals surface area contributed by atoms with Crippen molar-refractivity contribution in [2.75, 3.05) is 0 Å². The van der Waals surface area contributed by atoms with Gasteiger partial charge in [0.15, 0.2) is 17.6 Å². The van der Waals surface area contributed by atoms with Crippen molar-refractivity contribution in [1.29, 1.82) is 0 Å². The minimum Gasteiger partial charge on any atom is -0.459 e. The largest absolute Gasteiger partial charge is 0.459 e. The summed E-state index contributed by atoms with van der Waals surface area (Å²) in [6.45, 7) is 6.53. The maximum absolute atomic E-state index is 13.2. The third-order valence-electron chi connectivity index (χ3n) is 7.11. The number of alkyl halides is 3. The highest BCUT2D eigenvalue weighted by Gasteiger charge is 2.35. The number of hydrogen-bond donors (Lipinski definition) is 0. The molecule has 0 spiro atoms. The Morgan fingerprint density at radius 3 is 2.44 bits per heavy atom. The number of rotatable bonds is 5. The van der Waals surface area contributed by atoms with Gasteiger partial charge in [0.2, 0.25) is 0 Å². The third kappa shape index (κ3) is 4.84. The van der Waals surface area contributed by atoms with Gasteiger partial charge in [-0.15, -0.1) is 0 Å². The Hall–Kier alpha value is -2.83. The first-order valence-electron chi connectivity index (χ1n) is 11.9. The molecule has 1 aliphatic rings. The molecule has 1 aliphatic carbocycles. The quantitative estimate of drug-likeness (QED) is 0.329. The molecule has 1 unspecified atom stereocenters. The molecule has 34 heavy (non-hydrogen) atoms. The van der Waals surface area contributed by atoms with Crippen molar-refractivity contribution < 1.29 is 27.3 Å². The van der Waals surface area contributed by atoms with Crippen LogP contribution in [0.5, 0.6) is 0 Å². The van der Waals surface area contributed by atoms with Gasteiger partial charge < -0.3 is 4.74 Å². The minimum absolute atomic E-state index is 0.00654. The second-order valence-electron chi connectivity index (χ2n) is 9.89. The molecule has 1 heterocycles. The van der Waals surface area contributed by atoms with E-state index in [-0.39, 0.29) is 18.6 Å². The van der Waals surface area contributed by atoms with Crippen molar-refractivity contribution in [3.05, 3.63) is 54.1 Å². The molecule has 1 saturated carbocycles. The van der Waals surface area contributed by atoms with Crippen molar-refractivity contribution in [2.45, 2.75) is 58.9 Å². The first-order chi connectivity index (χ1) is 16.1. The lowest BCUT2D eigenvalue weighted by Gasteiger charge is -2.36. The van der Waals surface area contributed by atoms with E-state index in [9.17, 15) is 18.0 Å². The molecule has 0 saturated heterocycles. The zero-order valence-electron chi connectivity index (χ0n) is 20.1. The van der Waals surface area contributed by atoms with Gasteiger partial charge in [-0.2, -0.15) is 13.2 Å². The van der Waals surface area contributed by atoms with E-state index < -0.39 is 11.7 Å². The molecule has 0 N–H and O–H groups in total. The number of carbonyl (C=O) groups is 1. The van der Waals surface area contributed by atoms with Gasteiger partial charge in [-0.05, 0) is 67.0 Å². The highest BCUT2D eigenvalue weighted by molar-refractivity contribution is 5.79. The van der Waals surface area contributed by atoms with Crippen LogP contribution < -0.4 is 4.57 Å². The van der Waals surface area contributed by atoms with Crippen LogP contribution in [0.3, 0.4) is 0 Å². The maximum atomic E-state index is 13.2. The summed E-state index contributed by atoms with van der Waals surface area (Å²) < 4.78 is 49.0. The average Bonchev–Trinajstić information content (AvgIpc) is 3.04. The zero-order chi connectivity index (χ0) is 24.6. The van der Waals surface area contributed by atoms with Crippen LogP contribution in [-0.4, -0.2) is 16.6 Å². The van der Waals surface area contributed by atoms with Crippen LogP contribution in [0.2, 0.25) is 0 Å². The predicted molar refractivity (Wildman–Crippen MR) is 125 cm³/mol. The Labute approximate surface area is 198 Å². The molecule has 4 rings (SSSR count). The standard InChI is InChI=1S/C27H32F3N2O2/c1-17(2)21-14-9-18(3)15-24(21)34-25(33)16-32-23-8-6-5-7-22(23)31(4)26(32)19-10-12-20(13-11-19)27(28,29)30/h5-8,10-13,17-18,21,24H,9,14-16H2,1-4H3/q+1/t18-,21+,24?/m1/s1. The normalized spacial score (nSPS) is 21.2. The van der Waals surface area contributed by atoms with E-state index in [2.05, 4.69) is 20.8 Å². The van der Waals surface area contributed by atoms with Crippen LogP contribution >= 0.6 is 0 Å². The van der Waals surface area contributed by atoms with E-state index in [0.29, 0.717) is 29.1 Å². The Bertz CT molecular complexity index is 1170. The summed E-state index contributed by atoms with van der Waals surface area (Å²) in [5.74, 6) is 1.62. The monoisotopic (exact) mass is 473 g/mol. The summed E-state index contributed by atoms with van der Waals surface area (Å²) in [4.78, 5) is 13.2. The molecule has 3 aromatic rings. The first kappa shape index (κ1) is 24.3. The summed E-state index contributed by atoms with van der Waals surface area (Å²) in [5, 5.41) is 0. The summed E-state index contributed by atoms with van der Waals surface area (Å²) in [6.07, 6.45) is -1.45. The molecule has 0 radical (unpaired) electrons. The van der Waals surface area contributed by atoms with Gasteiger partial charge in [0, 0.05) is 0 Å². The number of fused-ring (bicyclic) bond motifs is 1. The molecule has 1 fully saturated rings. The van der Waals surface area contributed by atoms with E-state index in [1.807, 2.05) is 40.4 Å². The minimum atomic E-state index is -4.40. The first-order valence-corrected chi connectivity index (χ1v) is 11.9. The molecular formula is C27H32F3N2O2+. The van der Waals surface area contributed by atoms with Crippen molar-refractivity contribution in [1.82, 2.24) is 4.57 Å². The number of benzene rings is 2. The van der Waals surface area contributed by atoms with Crippen molar-refractivity contribution in [2.24, 2.45) is 24.8 Å². The summed E-state index contributed by atoms with van der Waals surface area (Å²) >= 11 is 0. The highest BCUT2D eigenvalue weighted by atomic mass is 19.4. The van der Waals surface area contributed by atoms with Gasteiger partial charge in [0.05, 0.1) is 18.2 Å². The van der Waals surface area contributed by atoms with E-state index in [0.717, 1.165) is 42.4 Å². The topological polar surface area (TPSA) is 35.1 Å². The fourth-order valence-corrected chi connectivity index (χ4v) is 5.29. The Morgan fingerprint density at radius 2 is 1.79 bits per heavy atom. The number of para-hydroxylation sites is 2. The fourth-order valence-electron chi connectivity index (χ4n) is 5.29. The molecule has 4 nitrogen and oxygen atoms in total. The van der Waals surface area contributed by atoms with E-state index >= 15 is 0 Å². The lowest BCUT2D eigenvalue weighted by molar-refractivity contribution is -0.634. The number of aryl methyl sites for hydroxylation is 1. The molecule has 0 amide bonds. The van der Waals surface area contributed by atoms with E-state index in [1.165, 1.54) is 12.1 Å². The van der Waals surface area contributed by atoms with Crippen molar-refractivity contribution in [3.63, 3.8) is 0 Å². The number of esters is 1. The second kappa shape index (κ2) is 9.43. The molecule has 182 valence electrons. The SMILES string of the molecule is CC(C)[C@@H]1CC[C@@H](C)CC1OC(=O)Cn1c(-c2ccc(C(F)(F)F)cc2)[n+](C)c2ccccc21. The molecule has 2 aromatic carbocycles. The van der Waals surface area contributed by atoms with Crippen LogP contribution in [0.25, 0.3) is 22.4 Å². The van der Waals surface area contributed by atoms with Gasteiger partial charge in [0.1, 0.15) is 6.10 Å². The molecule has 1 aromatic heterocycles. The zero-order valence-corrected chi connectivity index (χ0v) is 20.1. The van der Waals surface area contributed by atoms with E-state index in [4.69, 9.17) is 4.74 Å². The number of hydrogen-bond acceptors (Lipinski definition) is 2. The van der Waals surface area contributed by atoms with Gasteiger partial charge in [-0.3, -0.25) is 0 Å². The number of carbonyl (C=O) groups excluding carboxylic acids is 1. The average molecular weight is 474 g/mol. The van der Waals surface area contributed by atoms with Gasteiger partial charge in [0.25, 0.3) is 5.82 Å². The summed E-state index contributed by atoms with van der Waals surface area (Å²) in [5.41, 5.74) is 1.61. The smallest absolute Gasteiger partial charge is 0.416 e. The number of halogens is 3. The Balaban J connectivity index is 1.68. The number of nitrogens with zero attached hydrogens (tertiary/aromatic N) is 2. The molecule has 0 bridgehead atoms. The number of aromatic nitrogens is 2. The van der Waals surface area contributed by atoms with Gasteiger partial charge in [-0.1, -0.05) is 39.3 Å². The van der Waals surface area contributed by atoms with Gasteiger partial charge >= 0.3 is 12.1 Å². The highest BCUT2D eigenvalue weighted by Crippen LogP contribution is 2.36. The number of imidazole rings is 1. The molecule has 7 heteroatoms. The summed E-state index contributed by atoms with van der Waals surface area (Å²) in [6, 6.07) is 12.7. The predicted octanol–water partition coefficient (Wildman–Crippen LogP) is 6.16. The van der Waals surface area contributed by atoms with Crippen molar-refractivity contribution in [3.8, 4) is 11.4 Å². The van der Waals surface area contributed by atoms with Crippen molar-refractivity contribution >= 4 is 17.0 Å². The van der Waals surface area contributed by atoms with Crippen LogP contribution in [0.4, 0.5) is 13.2 Å². The maximum Gasteiger partial charge on any atom is 0.416 e. The van der Waals surface area contributed by atoms with Crippen LogP contribution in [0.15, 0.2) is 48.5 Å². The number of ether oxygens (including phenoxy) is 1. The van der Waals surface area contributed by atoms with E-state index in [1.54, 1.807) is 0 Å². The lowest BCUT2D eigenvalue weighted by atomic mass is 9.75. The Kier molecular flexibility index (Phi) is 6.74. The fraction of sp³-hybridized carbons (Fsp3) is 0.481. The second-order valence-corrected chi connectivity index (χ2v) is 9.89. The van der Waals surface area contributed by atoms with Crippen LogP contribution in [0, 0.1) is 17.8 Å².